The van der Waals surface area contributed by atoms with E-state index in [1.54, 1.807) is 18.4 Å². The summed E-state index contributed by atoms with van der Waals surface area (Å²) in [5.74, 6) is 1.09. The molecule has 0 saturated carbocycles. The zero-order valence-corrected chi connectivity index (χ0v) is 14.3. The summed E-state index contributed by atoms with van der Waals surface area (Å²) >= 11 is 0. The van der Waals surface area contributed by atoms with Crippen LogP contribution in [0.15, 0.2) is 39.9 Å². The summed E-state index contributed by atoms with van der Waals surface area (Å²) in [4.78, 5) is 8.74. The van der Waals surface area contributed by atoms with Crippen LogP contribution in [0.25, 0.3) is 11.5 Å². The summed E-state index contributed by atoms with van der Waals surface area (Å²) in [7, 11) is 0. The number of hydrogen-bond donors (Lipinski definition) is 2. The Hall–Kier alpha value is -1.64. The van der Waals surface area contributed by atoms with Crippen LogP contribution in [-0.2, 0) is 6.42 Å². The van der Waals surface area contributed by atoms with Gasteiger partial charge in [-0.05, 0) is 30.7 Å². The van der Waals surface area contributed by atoms with Crippen molar-refractivity contribution in [3.8, 4) is 11.5 Å². The Balaban J connectivity index is 0.00000176. The van der Waals surface area contributed by atoms with Gasteiger partial charge in [0.15, 0.2) is 5.96 Å². The number of oxazole rings is 1. The Morgan fingerprint density at radius 2 is 2.09 bits per heavy atom. The van der Waals surface area contributed by atoms with E-state index in [1.165, 1.54) is 12.1 Å². The van der Waals surface area contributed by atoms with Gasteiger partial charge in [0.25, 0.3) is 0 Å². The third-order valence-corrected chi connectivity index (χ3v) is 3.21. The second kappa shape index (κ2) is 8.11. The summed E-state index contributed by atoms with van der Waals surface area (Å²) in [6.45, 7) is 2.57. The summed E-state index contributed by atoms with van der Waals surface area (Å²) in [5, 5.41) is 6.44. The van der Waals surface area contributed by atoms with E-state index in [9.17, 15) is 4.39 Å². The Labute approximate surface area is 145 Å². The van der Waals surface area contributed by atoms with Gasteiger partial charge in [-0.15, -0.1) is 24.0 Å². The monoisotopic (exact) mass is 416 g/mol. The first-order valence-electron chi connectivity index (χ1n) is 7.04. The number of guanidine groups is 1. The molecule has 0 aliphatic carbocycles. The predicted octanol–water partition coefficient (Wildman–Crippen LogP) is 2.58. The van der Waals surface area contributed by atoms with Crippen LogP contribution in [-0.4, -0.2) is 30.6 Å². The first-order chi connectivity index (χ1) is 10.3. The average Bonchev–Trinajstić information content (AvgIpc) is 2.98. The second-order valence-corrected chi connectivity index (χ2v) is 4.84. The molecule has 118 valence electrons. The van der Waals surface area contributed by atoms with Gasteiger partial charge in [-0.2, -0.15) is 0 Å². The van der Waals surface area contributed by atoms with Crippen molar-refractivity contribution >= 4 is 29.9 Å². The zero-order chi connectivity index (χ0) is 14.5. The van der Waals surface area contributed by atoms with Crippen LogP contribution in [0.2, 0.25) is 0 Å². The highest BCUT2D eigenvalue weighted by Crippen LogP contribution is 2.18. The van der Waals surface area contributed by atoms with Crippen molar-refractivity contribution in [3.63, 3.8) is 0 Å². The van der Waals surface area contributed by atoms with Crippen LogP contribution in [0.5, 0.6) is 0 Å². The van der Waals surface area contributed by atoms with Gasteiger partial charge < -0.3 is 15.1 Å². The minimum atomic E-state index is -0.268. The van der Waals surface area contributed by atoms with E-state index in [0.29, 0.717) is 5.89 Å². The number of rotatable bonds is 4. The van der Waals surface area contributed by atoms with E-state index < -0.39 is 0 Å². The highest BCUT2D eigenvalue weighted by Gasteiger charge is 2.08. The lowest BCUT2D eigenvalue weighted by Crippen LogP contribution is -2.41. The van der Waals surface area contributed by atoms with Crippen molar-refractivity contribution in [3.05, 3.63) is 42.0 Å². The SMILES string of the molecule is Fc1ccc(-c2nc(CCNC3=NCCCN3)co2)cc1.I. The third-order valence-electron chi connectivity index (χ3n) is 3.21. The molecule has 7 heteroatoms. The number of halogens is 2. The van der Waals surface area contributed by atoms with Gasteiger partial charge in [-0.25, -0.2) is 9.37 Å². The molecule has 3 rings (SSSR count). The number of hydrogen-bond acceptors (Lipinski definition) is 5. The molecule has 2 aromatic rings. The van der Waals surface area contributed by atoms with Crippen molar-refractivity contribution in [2.45, 2.75) is 12.8 Å². The van der Waals surface area contributed by atoms with Crippen LogP contribution >= 0.6 is 24.0 Å². The van der Waals surface area contributed by atoms with Gasteiger partial charge in [-0.3, -0.25) is 4.99 Å². The molecule has 1 aromatic heterocycles. The molecule has 0 unspecified atom stereocenters. The van der Waals surface area contributed by atoms with Crippen molar-refractivity contribution in [1.82, 2.24) is 15.6 Å². The number of aromatic nitrogens is 1. The highest BCUT2D eigenvalue weighted by atomic mass is 127. The van der Waals surface area contributed by atoms with E-state index in [-0.39, 0.29) is 29.8 Å². The molecule has 0 atom stereocenters. The molecule has 2 heterocycles. The fourth-order valence-electron chi connectivity index (χ4n) is 2.11. The number of nitrogens with one attached hydrogen (secondary N) is 2. The average molecular weight is 416 g/mol. The molecule has 0 amide bonds. The van der Waals surface area contributed by atoms with E-state index in [1.807, 2.05) is 0 Å². The van der Waals surface area contributed by atoms with Gasteiger partial charge in [0.05, 0.1) is 5.69 Å². The number of aliphatic imine (C=N–C) groups is 1. The van der Waals surface area contributed by atoms with Crippen LogP contribution in [0, 0.1) is 5.82 Å². The minimum absolute atomic E-state index is 0. The Morgan fingerprint density at radius 1 is 1.27 bits per heavy atom. The third kappa shape index (κ3) is 4.43. The molecule has 22 heavy (non-hydrogen) atoms. The van der Waals surface area contributed by atoms with E-state index in [4.69, 9.17) is 4.42 Å². The molecule has 1 aliphatic rings. The fraction of sp³-hybridized carbons (Fsp3) is 0.333. The molecule has 0 radical (unpaired) electrons. The van der Waals surface area contributed by atoms with Crippen LogP contribution in [0.4, 0.5) is 4.39 Å². The first-order valence-corrected chi connectivity index (χ1v) is 7.04. The Morgan fingerprint density at radius 3 is 2.82 bits per heavy atom. The molecule has 0 bridgehead atoms. The summed E-state index contributed by atoms with van der Waals surface area (Å²) in [6, 6.07) is 6.11. The zero-order valence-electron chi connectivity index (χ0n) is 12.0. The molecule has 5 nitrogen and oxygen atoms in total. The quantitative estimate of drug-likeness (QED) is 0.753. The van der Waals surface area contributed by atoms with Crippen molar-refractivity contribution in [1.29, 1.82) is 0 Å². The van der Waals surface area contributed by atoms with Gasteiger partial charge >= 0.3 is 0 Å². The van der Waals surface area contributed by atoms with Crippen LogP contribution in [0.1, 0.15) is 12.1 Å². The Kier molecular flexibility index (Phi) is 6.17. The molecule has 2 N–H and O–H groups in total. The van der Waals surface area contributed by atoms with Gasteiger partial charge in [0, 0.05) is 31.6 Å². The summed E-state index contributed by atoms with van der Waals surface area (Å²) in [5.41, 5.74) is 1.63. The van der Waals surface area contributed by atoms with Gasteiger partial charge in [0.2, 0.25) is 5.89 Å². The number of nitrogens with zero attached hydrogens (tertiary/aromatic N) is 2. The maximum atomic E-state index is 12.9. The van der Waals surface area contributed by atoms with Crippen LogP contribution < -0.4 is 10.6 Å². The lowest BCUT2D eigenvalue weighted by Gasteiger charge is -2.15. The maximum absolute atomic E-state index is 12.9. The van der Waals surface area contributed by atoms with E-state index >= 15 is 0 Å². The maximum Gasteiger partial charge on any atom is 0.226 e. The number of benzene rings is 1. The molecule has 0 saturated heterocycles. The molecule has 1 aliphatic heterocycles. The summed E-state index contributed by atoms with van der Waals surface area (Å²) < 4.78 is 18.3. The van der Waals surface area contributed by atoms with E-state index in [0.717, 1.165) is 49.7 Å². The van der Waals surface area contributed by atoms with Crippen molar-refractivity contribution in [2.24, 2.45) is 4.99 Å². The van der Waals surface area contributed by atoms with Crippen molar-refractivity contribution < 1.29 is 8.81 Å². The fourth-order valence-corrected chi connectivity index (χ4v) is 2.11. The second-order valence-electron chi connectivity index (χ2n) is 4.84. The van der Waals surface area contributed by atoms with Gasteiger partial charge in [0.1, 0.15) is 12.1 Å². The minimum Gasteiger partial charge on any atom is -0.444 e. The molecule has 0 fully saturated rings. The topological polar surface area (TPSA) is 62.5 Å². The normalized spacial score (nSPS) is 13.8. The molecular formula is C15H18FIN4O. The van der Waals surface area contributed by atoms with Crippen LogP contribution in [0.3, 0.4) is 0 Å². The lowest BCUT2D eigenvalue weighted by molar-refractivity contribution is 0.571. The molecule has 1 aromatic carbocycles. The van der Waals surface area contributed by atoms with Crippen molar-refractivity contribution in [2.75, 3.05) is 19.6 Å². The highest BCUT2D eigenvalue weighted by molar-refractivity contribution is 14.0. The first kappa shape index (κ1) is 16.7. The molecule has 0 spiro atoms. The van der Waals surface area contributed by atoms with E-state index in [2.05, 4.69) is 20.6 Å². The largest absolute Gasteiger partial charge is 0.444 e. The summed E-state index contributed by atoms with van der Waals surface area (Å²) in [6.07, 6.45) is 3.46. The lowest BCUT2D eigenvalue weighted by atomic mass is 10.2. The Bertz CT molecular complexity index is 627. The van der Waals surface area contributed by atoms with Gasteiger partial charge in [-0.1, -0.05) is 0 Å². The standard InChI is InChI=1S/C15H17FN4O.HI/c16-12-4-2-11(3-5-12)14-20-13(10-21-14)6-9-19-15-17-7-1-8-18-15;/h2-5,10H,1,6-9H2,(H2,17,18,19);1H. The molecular weight excluding hydrogens is 398 g/mol. The predicted molar refractivity (Wildman–Crippen MR) is 93.9 cm³/mol. The smallest absolute Gasteiger partial charge is 0.226 e.